The van der Waals surface area contributed by atoms with Crippen molar-refractivity contribution in [3.63, 3.8) is 0 Å². The first-order chi connectivity index (χ1) is 13.1. The molecule has 1 aliphatic rings. The van der Waals surface area contributed by atoms with Gasteiger partial charge in [0.2, 0.25) is 0 Å². The zero-order chi connectivity index (χ0) is 19.1. The van der Waals surface area contributed by atoms with E-state index < -0.39 is 11.0 Å². The molecule has 0 aliphatic carbocycles. The van der Waals surface area contributed by atoms with Crippen LogP contribution in [-0.2, 0) is 6.54 Å². The molecular weight excluding hydrogens is 417 g/mol. The molecule has 2 aromatic rings. The number of nitrogens with zero attached hydrogens (tertiary/aromatic N) is 3. The predicted molar refractivity (Wildman–Crippen MR) is 117 cm³/mol. The molecule has 1 N–H and O–H groups in total. The number of rotatable bonds is 8. The molecule has 1 saturated heterocycles. The first-order valence-corrected chi connectivity index (χ1v) is 9.14. The Balaban J connectivity index is 0.00000210. The molecule has 2 aromatic carbocycles. The molecule has 0 saturated carbocycles. The average Bonchev–Trinajstić information content (AvgIpc) is 2.69. The lowest BCUT2D eigenvalue weighted by Gasteiger charge is -2.35. The summed E-state index contributed by atoms with van der Waals surface area (Å²) < 4.78 is 5.53. The average molecular weight is 444 g/mol. The Labute approximate surface area is 183 Å². The second-order valence-electron chi connectivity index (χ2n) is 6.78. The van der Waals surface area contributed by atoms with Gasteiger partial charge in [0.1, 0.15) is 18.5 Å². The van der Waals surface area contributed by atoms with Gasteiger partial charge in [-0.2, -0.15) is 0 Å². The number of aliphatic hydroxyl groups is 1. The normalized spacial score (nSPS) is 15.6. The summed E-state index contributed by atoms with van der Waals surface area (Å²) in [5, 5.41) is 20.9. The Morgan fingerprint density at radius 2 is 1.55 bits per heavy atom. The molecule has 0 spiro atoms. The number of halogens is 2. The lowest BCUT2D eigenvalue weighted by molar-refractivity contribution is -0.384. The van der Waals surface area contributed by atoms with Gasteiger partial charge >= 0.3 is 0 Å². The van der Waals surface area contributed by atoms with Crippen LogP contribution in [0, 0.1) is 10.1 Å². The molecule has 1 atom stereocenters. The van der Waals surface area contributed by atoms with Gasteiger partial charge in [0.05, 0.1) is 4.92 Å². The second kappa shape index (κ2) is 12.6. The van der Waals surface area contributed by atoms with Gasteiger partial charge in [-0.1, -0.05) is 30.3 Å². The third-order valence-corrected chi connectivity index (χ3v) is 4.67. The van der Waals surface area contributed by atoms with Crippen molar-refractivity contribution in [1.82, 2.24) is 9.80 Å². The van der Waals surface area contributed by atoms with Crippen molar-refractivity contribution in [2.75, 3.05) is 39.3 Å². The van der Waals surface area contributed by atoms with Crippen LogP contribution in [0.2, 0.25) is 0 Å². The maximum Gasteiger partial charge on any atom is 0.269 e. The van der Waals surface area contributed by atoms with Crippen LogP contribution in [0.5, 0.6) is 5.75 Å². The Morgan fingerprint density at radius 3 is 2.14 bits per heavy atom. The fraction of sp³-hybridized carbons (Fsp3) is 0.400. The van der Waals surface area contributed by atoms with Crippen molar-refractivity contribution < 1.29 is 14.8 Å². The largest absolute Gasteiger partial charge is 0.491 e. The molecule has 1 heterocycles. The van der Waals surface area contributed by atoms with Gasteiger partial charge in [0.15, 0.2) is 0 Å². The maximum atomic E-state index is 10.6. The van der Waals surface area contributed by atoms with Gasteiger partial charge in [-0.3, -0.25) is 19.9 Å². The van der Waals surface area contributed by atoms with Crippen LogP contribution in [0.4, 0.5) is 5.69 Å². The van der Waals surface area contributed by atoms with Crippen LogP contribution in [-0.4, -0.2) is 65.3 Å². The van der Waals surface area contributed by atoms with Crippen LogP contribution in [0.1, 0.15) is 5.56 Å². The van der Waals surface area contributed by atoms with E-state index in [0.29, 0.717) is 12.3 Å². The van der Waals surface area contributed by atoms with Gasteiger partial charge in [0, 0.05) is 51.4 Å². The molecular formula is C20H27Cl2N3O4. The van der Waals surface area contributed by atoms with Crippen molar-refractivity contribution >= 4 is 30.5 Å². The molecule has 1 unspecified atom stereocenters. The summed E-state index contributed by atoms with van der Waals surface area (Å²) >= 11 is 0. The Bertz CT molecular complexity index is 726. The topological polar surface area (TPSA) is 79.1 Å². The van der Waals surface area contributed by atoms with Crippen LogP contribution in [0.3, 0.4) is 0 Å². The number of piperazine rings is 1. The SMILES string of the molecule is Cl.Cl.O=[N+]([O-])c1ccc(OCC(O)CN2CCN(Cc3ccccc3)CC2)cc1. The molecule has 1 fully saturated rings. The third kappa shape index (κ3) is 8.16. The van der Waals surface area contributed by atoms with Gasteiger partial charge in [-0.25, -0.2) is 0 Å². The number of aliphatic hydroxyl groups excluding tert-OH is 1. The Morgan fingerprint density at radius 1 is 0.966 bits per heavy atom. The van der Waals surface area contributed by atoms with Gasteiger partial charge < -0.3 is 9.84 Å². The fourth-order valence-electron chi connectivity index (χ4n) is 3.18. The van der Waals surface area contributed by atoms with E-state index in [0.717, 1.165) is 32.7 Å². The molecule has 160 valence electrons. The van der Waals surface area contributed by atoms with Gasteiger partial charge in [0.25, 0.3) is 5.69 Å². The highest BCUT2D eigenvalue weighted by molar-refractivity contribution is 5.85. The highest BCUT2D eigenvalue weighted by Gasteiger charge is 2.19. The molecule has 1 aliphatic heterocycles. The first kappa shape index (κ1) is 25.1. The van der Waals surface area contributed by atoms with Crippen molar-refractivity contribution in [2.45, 2.75) is 12.6 Å². The summed E-state index contributed by atoms with van der Waals surface area (Å²) in [7, 11) is 0. The molecule has 3 rings (SSSR count). The van der Waals surface area contributed by atoms with E-state index in [-0.39, 0.29) is 37.1 Å². The Hall–Kier alpha value is -1.90. The van der Waals surface area contributed by atoms with E-state index in [1.165, 1.54) is 17.7 Å². The lowest BCUT2D eigenvalue weighted by atomic mass is 10.2. The number of hydrogen-bond donors (Lipinski definition) is 1. The molecule has 0 radical (unpaired) electrons. The van der Waals surface area contributed by atoms with Crippen molar-refractivity contribution in [3.8, 4) is 5.75 Å². The quantitative estimate of drug-likeness (QED) is 0.498. The first-order valence-electron chi connectivity index (χ1n) is 9.14. The van der Waals surface area contributed by atoms with Gasteiger partial charge in [-0.15, -0.1) is 24.8 Å². The summed E-state index contributed by atoms with van der Waals surface area (Å²) in [6, 6.07) is 16.3. The van der Waals surface area contributed by atoms with Crippen LogP contribution in [0.25, 0.3) is 0 Å². The second-order valence-corrected chi connectivity index (χ2v) is 6.78. The van der Waals surface area contributed by atoms with Crippen LogP contribution < -0.4 is 4.74 Å². The minimum Gasteiger partial charge on any atom is -0.491 e. The fourth-order valence-corrected chi connectivity index (χ4v) is 3.18. The van der Waals surface area contributed by atoms with Crippen LogP contribution in [0.15, 0.2) is 54.6 Å². The smallest absolute Gasteiger partial charge is 0.269 e. The monoisotopic (exact) mass is 443 g/mol. The number of β-amino-alcohol motifs (C(OH)–C–C–N with tert-alkyl or cyclic N) is 1. The Kier molecular flexibility index (Phi) is 10.9. The summed E-state index contributed by atoms with van der Waals surface area (Å²) in [4.78, 5) is 14.9. The minimum atomic E-state index is -0.596. The molecule has 29 heavy (non-hydrogen) atoms. The number of benzene rings is 2. The van der Waals surface area contributed by atoms with Gasteiger partial charge in [-0.05, 0) is 17.7 Å². The van der Waals surface area contributed by atoms with Crippen molar-refractivity contribution in [2.24, 2.45) is 0 Å². The number of hydrogen-bond acceptors (Lipinski definition) is 6. The van der Waals surface area contributed by atoms with E-state index in [1.54, 1.807) is 12.1 Å². The van der Waals surface area contributed by atoms with Crippen LogP contribution >= 0.6 is 24.8 Å². The molecule has 9 heteroatoms. The minimum absolute atomic E-state index is 0. The van der Waals surface area contributed by atoms with E-state index in [2.05, 4.69) is 34.1 Å². The summed E-state index contributed by atoms with van der Waals surface area (Å²) in [6.07, 6.45) is -0.596. The van der Waals surface area contributed by atoms with Crippen molar-refractivity contribution in [1.29, 1.82) is 0 Å². The third-order valence-electron chi connectivity index (χ3n) is 4.67. The van der Waals surface area contributed by atoms with Crippen molar-refractivity contribution in [3.05, 3.63) is 70.3 Å². The zero-order valence-corrected chi connectivity index (χ0v) is 17.7. The number of nitro benzene ring substituents is 1. The summed E-state index contributed by atoms with van der Waals surface area (Å²) in [6.45, 7) is 5.48. The zero-order valence-electron chi connectivity index (χ0n) is 16.1. The summed E-state index contributed by atoms with van der Waals surface area (Å²) in [5.74, 6) is 0.521. The highest BCUT2D eigenvalue weighted by atomic mass is 35.5. The number of ether oxygens (including phenoxy) is 1. The molecule has 0 amide bonds. The number of non-ortho nitro benzene ring substituents is 1. The maximum absolute atomic E-state index is 10.6. The molecule has 7 nitrogen and oxygen atoms in total. The van der Waals surface area contributed by atoms with E-state index in [4.69, 9.17) is 4.74 Å². The number of nitro groups is 1. The van der Waals surface area contributed by atoms with E-state index >= 15 is 0 Å². The van der Waals surface area contributed by atoms with E-state index in [1.807, 2.05) is 6.07 Å². The predicted octanol–water partition coefficient (Wildman–Crippen LogP) is 3.00. The standard InChI is InChI=1S/C20H25N3O4.2ClH/c24-19(16-27-20-8-6-18(7-9-20)23(25)26)15-22-12-10-21(11-13-22)14-17-4-2-1-3-5-17;;/h1-9,19,24H,10-16H2;2*1H. The summed E-state index contributed by atoms with van der Waals surface area (Å²) in [5.41, 5.74) is 1.35. The van der Waals surface area contributed by atoms with E-state index in [9.17, 15) is 15.2 Å². The highest BCUT2D eigenvalue weighted by Crippen LogP contribution is 2.17. The lowest BCUT2D eigenvalue weighted by Crippen LogP contribution is -2.48. The molecule has 0 bridgehead atoms. The molecule has 0 aromatic heterocycles.